The molecule has 4 heteroatoms. The average Bonchev–Trinajstić information content (AvgIpc) is 2.01. The molecular weight excluding hydrogens is 203 g/mol. The maximum absolute atomic E-state index is 12.9. The van der Waals surface area contributed by atoms with Crippen LogP contribution in [0.15, 0.2) is 23.1 Å². The molecule has 0 aromatic heterocycles. The Hall–Kier alpha value is -0.900. The summed E-state index contributed by atoms with van der Waals surface area (Å²) in [6.07, 6.45) is 1.13. The molecule has 0 aliphatic rings. The molecule has 0 amide bonds. The molecular formula is C10H13FO2S. The van der Waals surface area contributed by atoms with Crippen LogP contribution in [0, 0.1) is 5.82 Å². The van der Waals surface area contributed by atoms with Gasteiger partial charge in [-0.25, -0.2) is 12.8 Å². The molecule has 0 bridgehead atoms. The van der Waals surface area contributed by atoms with Gasteiger partial charge in [-0.3, -0.25) is 0 Å². The molecule has 0 saturated carbocycles. The fourth-order valence-corrected chi connectivity index (χ4v) is 2.35. The fourth-order valence-electron chi connectivity index (χ4n) is 1.31. The smallest absolute Gasteiger partial charge is 0.175 e. The third-order valence-electron chi connectivity index (χ3n) is 1.99. The lowest BCUT2D eigenvalue weighted by Gasteiger charge is -2.10. The molecule has 0 fully saturated rings. The van der Waals surface area contributed by atoms with Crippen LogP contribution in [0.5, 0.6) is 0 Å². The molecule has 0 aliphatic carbocycles. The Morgan fingerprint density at radius 2 is 1.86 bits per heavy atom. The van der Waals surface area contributed by atoms with Gasteiger partial charge in [-0.2, -0.15) is 0 Å². The van der Waals surface area contributed by atoms with E-state index in [-0.39, 0.29) is 10.8 Å². The minimum atomic E-state index is -3.26. The summed E-state index contributed by atoms with van der Waals surface area (Å²) in [7, 11) is -3.26. The number of hydrogen-bond donors (Lipinski definition) is 0. The molecule has 0 heterocycles. The Labute approximate surface area is 83.7 Å². The van der Waals surface area contributed by atoms with E-state index in [1.165, 1.54) is 18.2 Å². The molecule has 0 atom stereocenters. The summed E-state index contributed by atoms with van der Waals surface area (Å²) in [5, 5.41) is 0. The molecule has 14 heavy (non-hydrogen) atoms. The molecule has 0 saturated heterocycles. The van der Waals surface area contributed by atoms with Crippen molar-refractivity contribution in [2.24, 2.45) is 0 Å². The van der Waals surface area contributed by atoms with Crippen molar-refractivity contribution < 1.29 is 12.8 Å². The maximum Gasteiger partial charge on any atom is 0.175 e. The van der Waals surface area contributed by atoms with Gasteiger partial charge in [0, 0.05) is 6.26 Å². The van der Waals surface area contributed by atoms with Crippen LogP contribution in [0.2, 0.25) is 0 Å². The first kappa shape index (κ1) is 11.2. The van der Waals surface area contributed by atoms with Gasteiger partial charge in [0.05, 0.1) is 4.90 Å². The molecule has 1 aromatic rings. The van der Waals surface area contributed by atoms with Crippen LogP contribution in [0.4, 0.5) is 4.39 Å². The monoisotopic (exact) mass is 216 g/mol. The first-order chi connectivity index (χ1) is 6.32. The van der Waals surface area contributed by atoms with E-state index in [0.717, 1.165) is 6.26 Å². The Kier molecular flexibility index (Phi) is 2.95. The second-order valence-corrected chi connectivity index (χ2v) is 5.59. The Balaban J connectivity index is 3.45. The maximum atomic E-state index is 12.9. The van der Waals surface area contributed by atoms with Gasteiger partial charge >= 0.3 is 0 Å². The van der Waals surface area contributed by atoms with Crippen molar-refractivity contribution in [3.63, 3.8) is 0 Å². The van der Waals surface area contributed by atoms with Crippen LogP contribution in [-0.2, 0) is 9.84 Å². The van der Waals surface area contributed by atoms with Crippen LogP contribution < -0.4 is 0 Å². The summed E-state index contributed by atoms with van der Waals surface area (Å²) in [5.74, 6) is -0.406. The van der Waals surface area contributed by atoms with Crippen molar-refractivity contribution in [3.05, 3.63) is 29.6 Å². The predicted molar refractivity (Wildman–Crippen MR) is 53.6 cm³/mol. The van der Waals surface area contributed by atoms with E-state index in [1.54, 1.807) is 0 Å². The Bertz CT molecular complexity index is 435. The minimum absolute atomic E-state index is 0.00424. The van der Waals surface area contributed by atoms with Gasteiger partial charge in [0.25, 0.3) is 0 Å². The Morgan fingerprint density at radius 3 is 2.29 bits per heavy atom. The predicted octanol–water partition coefficient (Wildman–Crippen LogP) is 2.35. The highest BCUT2D eigenvalue weighted by Crippen LogP contribution is 2.24. The minimum Gasteiger partial charge on any atom is -0.224 e. The van der Waals surface area contributed by atoms with Gasteiger partial charge in [0.15, 0.2) is 9.84 Å². The second-order valence-electron chi connectivity index (χ2n) is 3.61. The largest absolute Gasteiger partial charge is 0.224 e. The van der Waals surface area contributed by atoms with Crippen LogP contribution >= 0.6 is 0 Å². The number of sulfone groups is 1. The van der Waals surface area contributed by atoms with Crippen molar-refractivity contribution in [1.29, 1.82) is 0 Å². The molecule has 1 rings (SSSR count). The zero-order valence-corrected chi connectivity index (χ0v) is 9.23. The second kappa shape index (κ2) is 3.69. The SMILES string of the molecule is CC(C)c1cc(F)ccc1S(C)(=O)=O. The van der Waals surface area contributed by atoms with Gasteiger partial charge < -0.3 is 0 Å². The van der Waals surface area contributed by atoms with E-state index in [1.807, 2.05) is 13.8 Å². The highest BCUT2D eigenvalue weighted by atomic mass is 32.2. The van der Waals surface area contributed by atoms with Gasteiger partial charge in [-0.1, -0.05) is 13.8 Å². The lowest BCUT2D eigenvalue weighted by Crippen LogP contribution is -2.04. The molecule has 0 spiro atoms. The standard InChI is InChI=1S/C10H13FO2S/c1-7(2)9-6-8(11)4-5-10(9)14(3,12)13/h4-7H,1-3H3. The summed E-state index contributed by atoms with van der Waals surface area (Å²) in [6, 6.07) is 3.77. The van der Waals surface area contributed by atoms with Crippen molar-refractivity contribution in [2.45, 2.75) is 24.7 Å². The van der Waals surface area contributed by atoms with E-state index in [9.17, 15) is 12.8 Å². The molecule has 0 aliphatic heterocycles. The van der Waals surface area contributed by atoms with Crippen molar-refractivity contribution in [2.75, 3.05) is 6.26 Å². The Morgan fingerprint density at radius 1 is 1.29 bits per heavy atom. The van der Waals surface area contributed by atoms with Gasteiger partial charge in [-0.05, 0) is 29.7 Å². The van der Waals surface area contributed by atoms with E-state index < -0.39 is 15.7 Å². The lowest BCUT2D eigenvalue weighted by atomic mass is 10.0. The van der Waals surface area contributed by atoms with E-state index in [0.29, 0.717) is 5.56 Å². The first-order valence-corrected chi connectivity index (χ1v) is 6.21. The van der Waals surface area contributed by atoms with Gasteiger partial charge in [0.1, 0.15) is 5.82 Å². The third kappa shape index (κ3) is 2.32. The van der Waals surface area contributed by atoms with Crippen LogP contribution in [0.1, 0.15) is 25.3 Å². The molecule has 0 radical (unpaired) electrons. The third-order valence-corrected chi connectivity index (χ3v) is 3.16. The normalized spacial score (nSPS) is 12.1. The zero-order valence-electron chi connectivity index (χ0n) is 8.41. The summed E-state index contributed by atoms with van der Waals surface area (Å²) >= 11 is 0. The van der Waals surface area contributed by atoms with E-state index in [2.05, 4.69) is 0 Å². The molecule has 1 aromatic carbocycles. The molecule has 2 nitrogen and oxygen atoms in total. The molecule has 0 unspecified atom stereocenters. The fraction of sp³-hybridized carbons (Fsp3) is 0.400. The van der Waals surface area contributed by atoms with Crippen LogP contribution in [-0.4, -0.2) is 14.7 Å². The summed E-state index contributed by atoms with van der Waals surface area (Å²) < 4.78 is 35.6. The first-order valence-electron chi connectivity index (χ1n) is 4.32. The van der Waals surface area contributed by atoms with E-state index in [4.69, 9.17) is 0 Å². The highest BCUT2D eigenvalue weighted by Gasteiger charge is 2.15. The van der Waals surface area contributed by atoms with Gasteiger partial charge in [0.2, 0.25) is 0 Å². The summed E-state index contributed by atoms with van der Waals surface area (Å²) in [6.45, 7) is 3.67. The van der Waals surface area contributed by atoms with Crippen LogP contribution in [0.25, 0.3) is 0 Å². The van der Waals surface area contributed by atoms with Crippen molar-refractivity contribution in [3.8, 4) is 0 Å². The zero-order chi connectivity index (χ0) is 10.9. The van der Waals surface area contributed by atoms with Crippen molar-refractivity contribution in [1.82, 2.24) is 0 Å². The number of hydrogen-bond acceptors (Lipinski definition) is 2. The van der Waals surface area contributed by atoms with Crippen LogP contribution in [0.3, 0.4) is 0 Å². The summed E-state index contributed by atoms with van der Waals surface area (Å²) in [5.41, 5.74) is 0.535. The molecule has 78 valence electrons. The van der Waals surface area contributed by atoms with Crippen molar-refractivity contribution >= 4 is 9.84 Å². The highest BCUT2D eigenvalue weighted by molar-refractivity contribution is 7.90. The quantitative estimate of drug-likeness (QED) is 0.711. The summed E-state index contributed by atoms with van der Waals surface area (Å²) in [4.78, 5) is 0.217. The number of benzene rings is 1. The number of rotatable bonds is 2. The number of halogens is 1. The topological polar surface area (TPSA) is 34.1 Å². The van der Waals surface area contributed by atoms with E-state index >= 15 is 0 Å². The lowest BCUT2D eigenvalue weighted by molar-refractivity contribution is 0.596. The molecule has 0 N–H and O–H groups in total. The average molecular weight is 216 g/mol. The van der Waals surface area contributed by atoms with Gasteiger partial charge in [-0.15, -0.1) is 0 Å².